The number of hydrogen-bond acceptors (Lipinski definition) is 5. The Kier molecular flexibility index (Phi) is 5.58. The second-order valence-corrected chi connectivity index (χ2v) is 4.83. The van der Waals surface area contributed by atoms with E-state index in [4.69, 9.17) is 4.74 Å². The zero-order valence-corrected chi connectivity index (χ0v) is 12.5. The number of ether oxygens (including phenoxy) is 1. The molecular formula is C14H21N5O2. The summed E-state index contributed by atoms with van der Waals surface area (Å²) in [6.45, 7) is 8.08. The summed E-state index contributed by atoms with van der Waals surface area (Å²) in [6, 6.07) is 0. The fourth-order valence-corrected chi connectivity index (χ4v) is 2.02. The van der Waals surface area contributed by atoms with Crippen LogP contribution in [0.4, 0.5) is 4.79 Å². The molecule has 7 nitrogen and oxygen atoms in total. The third-order valence-electron chi connectivity index (χ3n) is 3.32. The summed E-state index contributed by atoms with van der Waals surface area (Å²) < 4.78 is 6.74. The van der Waals surface area contributed by atoms with E-state index in [1.807, 2.05) is 6.20 Å². The van der Waals surface area contributed by atoms with Gasteiger partial charge in [0, 0.05) is 6.20 Å². The monoisotopic (exact) mass is 291 g/mol. The Hall–Kier alpha value is -2.07. The fraction of sp³-hybridized carbons (Fsp3) is 0.643. The van der Waals surface area contributed by atoms with Crippen LogP contribution in [-0.2, 0) is 17.7 Å². The molecule has 1 unspecified atom stereocenters. The van der Waals surface area contributed by atoms with Gasteiger partial charge in [-0.3, -0.25) is 4.90 Å². The van der Waals surface area contributed by atoms with E-state index in [0.717, 1.165) is 25.3 Å². The molecule has 0 aliphatic carbocycles. The molecule has 2 rings (SSSR count). The zero-order valence-electron chi connectivity index (χ0n) is 12.5. The number of hydrogen-bond donors (Lipinski definition) is 1. The molecule has 7 heteroatoms. The maximum Gasteiger partial charge on any atom is 0.407 e. The van der Waals surface area contributed by atoms with E-state index in [9.17, 15) is 4.79 Å². The zero-order chi connectivity index (χ0) is 15.1. The lowest BCUT2D eigenvalue weighted by atomic mass is 10.3. The Morgan fingerprint density at radius 3 is 2.95 bits per heavy atom. The van der Waals surface area contributed by atoms with Crippen LogP contribution in [0.3, 0.4) is 0 Å². The van der Waals surface area contributed by atoms with Gasteiger partial charge in [-0.25, -0.2) is 9.48 Å². The molecular weight excluding hydrogens is 270 g/mol. The Balaban J connectivity index is 1.78. The third kappa shape index (κ3) is 4.76. The van der Waals surface area contributed by atoms with E-state index < -0.39 is 0 Å². The first-order valence-electron chi connectivity index (χ1n) is 7.22. The molecule has 1 aromatic rings. The molecule has 1 N–H and O–H groups in total. The van der Waals surface area contributed by atoms with Crippen LogP contribution in [0, 0.1) is 11.8 Å². The Bertz CT molecular complexity index is 527. The summed E-state index contributed by atoms with van der Waals surface area (Å²) >= 11 is 0. The highest BCUT2D eigenvalue weighted by Gasteiger charge is 2.23. The van der Waals surface area contributed by atoms with Gasteiger partial charge in [0.1, 0.15) is 6.10 Å². The average Bonchev–Trinajstić information content (AvgIpc) is 3.09. The second-order valence-electron chi connectivity index (χ2n) is 4.83. The number of amides is 1. The minimum absolute atomic E-state index is 0.180. The van der Waals surface area contributed by atoms with Gasteiger partial charge in [0.2, 0.25) is 0 Å². The highest BCUT2D eigenvalue weighted by Crippen LogP contribution is 2.03. The van der Waals surface area contributed by atoms with Gasteiger partial charge >= 0.3 is 6.09 Å². The number of nitrogens with one attached hydrogen (secondary N) is 1. The van der Waals surface area contributed by atoms with Gasteiger partial charge in [0.25, 0.3) is 0 Å². The fourth-order valence-electron chi connectivity index (χ4n) is 2.02. The summed E-state index contributed by atoms with van der Waals surface area (Å²) in [6.07, 6.45) is 1.88. The summed E-state index contributed by atoms with van der Waals surface area (Å²) in [7, 11) is 0. The Labute approximate surface area is 124 Å². The van der Waals surface area contributed by atoms with Crippen molar-refractivity contribution < 1.29 is 9.53 Å². The molecule has 1 amide bonds. The molecule has 0 aromatic carbocycles. The van der Waals surface area contributed by atoms with Gasteiger partial charge in [-0.05, 0) is 13.1 Å². The SMILES string of the molecule is CCN(CC)CC#CCc1cn(CC2CNC(=O)O2)nn1. The largest absolute Gasteiger partial charge is 0.442 e. The normalized spacial score (nSPS) is 17.3. The van der Waals surface area contributed by atoms with Crippen molar-refractivity contribution in [1.29, 1.82) is 0 Å². The van der Waals surface area contributed by atoms with Crippen LogP contribution in [0.5, 0.6) is 0 Å². The van der Waals surface area contributed by atoms with E-state index in [-0.39, 0.29) is 12.2 Å². The van der Waals surface area contributed by atoms with Crippen molar-refractivity contribution >= 4 is 6.09 Å². The van der Waals surface area contributed by atoms with Gasteiger partial charge in [0.15, 0.2) is 0 Å². The molecule has 1 atom stereocenters. The molecule has 0 saturated carbocycles. The van der Waals surface area contributed by atoms with Crippen molar-refractivity contribution in [2.24, 2.45) is 0 Å². The maximum absolute atomic E-state index is 10.9. The number of cyclic esters (lactones) is 1. The van der Waals surface area contributed by atoms with E-state index in [1.54, 1.807) is 4.68 Å². The first-order chi connectivity index (χ1) is 10.2. The third-order valence-corrected chi connectivity index (χ3v) is 3.32. The first-order valence-corrected chi connectivity index (χ1v) is 7.22. The highest BCUT2D eigenvalue weighted by atomic mass is 16.6. The summed E-state index contributed by atoms with van der Waals surface area (Å²) in [4.78, 5) is 13.2. The molecule has 1 fully saturated rings. The molecule has 0 radical (unpaired) electrons. The van der Waals surface area contributed by atoms with Crippen molar-refractivity contribution in [2.45, 2.75) is 32.9 Å². The van der Waals surface area contributed by atoms with Crippen LogP contribution >= 0.6 is 0 Å². The minimum Gasteiger partial charge on any atom is -0.442 e. The molecule has 1 aliphatic heterocycles. The molecule has 2 heterocycles. The molecule has 114 valence electrons. The van der Waals surface area contributed by atoms with Crippen molar-refractivity contribution in [3.8, 4) is 11.8 Å². The lowest BCUT2D eigenvalue weighted by Crippen LogP contribution is -2.22. The summed E-state index contributed by atoms with van der Waals surface area (Å²) in [5, 5.41) is 10.7. The Morgan fingerprint density at radius 2 is 2.29 bits per heavy atom. The number of rotatable bonds is 6. The lowest BCUT2D eigenvalue weighted by Gasteiger charge is -2.13. The molecule has 0 bridgehead atoms. The maximum atomic E-state index is 10.9. The van der Waals surface area contributed by atoms with Gasteiger partial charge in [-0.1, -0.05) is 30.9 Å². The van der Waals surface area contributed by atoms with Gasteiger partial charge in [-0.2, -0.15) is 0 Å². The molecule has 1 aliphatic rings. The highest BCUT2D eigenvalue weighted by molar-refractivity contribution is 5.69. The predicted octanol–water partition coefficient (Wildman–Crippen LogP) is 0.274. The smallest absolute Gasteiger partial charge is 0.407 e. The van der Waals surface area contributed by atoms with Crippen molar-refractivity contribution in [3.05, 3.63) is 11.9 Å². The van der Waals surface area contributed by atoms with Crippen molar-refractivity contribution in [3.63, 3.8) is 0 Å². The van der Waals surface area contributed by atoms with Crippen LogP contribution < -0.4 is 5.32 Å². The quantitative estimate of drug-likeness (QED) is 0.762. The molecule has 1 aromatic heterocycles. The van der Waals surface area contributed by atoms with Crippen molar-refractivity contribution in [1.82, 2.24) is 25.2 Å². The van der Waals surface area contributed by atoms with Gasteiger partial charge < -0.3 is 10.1 Å². The second kappa shape index (κ2) is 7.64. The molecule has 0 spiro atoms. The van der Waals surface area contributed by atoms with Gasteiger partial charge in [0.05, 0.1) is 31.7 Å². The summed E-state index contributed by atoms with van der Waals surface area (Å²) in [5.74, 6) is 6.25. The number of carbonyl (C=O) groups is 1. The van der Waals surface area contributed by atoms with Crippen molar-refractivity contribution in [2.75, 3.05) is 26.2 Å². The van der Waals surface area contributed by atoms with Gasteiger partial charge in [-0.15, -0.1) is 5.10 Å². The Morgan fingerprint density at radius 1 is 1.48 bits per heavy atom. The topological polar surface area (TPSA) is 72.3 Å². The standard InChI is InChI=1S/C14H21N5O2/c1-3-18(4-2)8-6-5-7-12-10-19(17-16-12)11-13-9-15-14(20)21-13/h10,13H,3-4,7-9,11H2,1-2H3,(H,15,20). The van der Waals surface area contributed by atoms with Crippen LogP contribution in [0.2, 0.25) is 0 Å². The number of alkyl carbamates (subject to hydrolysis) is 1. The molecule has 1 saturated heterocycles. The van der Waals surface area contributed by atoms with E-state index in [0.29, 0.717) is 19.5 Å². The number of aromatic nitrogens is 3. The van der Waals surface area contributed by atoms with Crippen LogP contribution in [0.25, 0.3) is 0 Å². The number of carbonyl (C=O) groups excluding carboxylic acids is 1. The lowest BCUT2D eigenvalue weighted by molar-refractivity contribution is 0.128. The average molecular weight is 291 g/mol. The van der Waals surface area contributed by atoms with E-state index in [2.05, 4.69) is 46.2 Å². The molecule has 21 heavy (non-hydrogen) atoms. The number of nitrogens with zero attached hydrogens (tertiary/aromatic N) is 4. The van der Waals surface area contributed by atoms with Crippen LogP contribution in [0.1, 0.15) is 19.5 Å². The minimum atomic E-state index is -0.373. The predicted molar refractivity (Wildman–Crippen MR) is 77.6 cm³/mol. The van der Waals surface area contributed by atoms with E-state index >= 15 is 0 Å². The van der Waals surface area contributed by atoms with Crippen LogP contribution in [-0.4, -0.2) is 58.3 Å². The van der Waals surface area contributed by atoms with E-state index in [1.165, 1.54) is 0 Å². The van der Waals surface area contributed by atoms with Crippen LogP contribution in [0.15, 0.2) is 6.20 Å². The summed E-state index contributed by atoms with van der Waals surface area (Å²) in [5.41, 5.74) is 0.833. The first kappa shape index (κ1) is 15.3.